The van der Waals surface area contributed by atoms with Crippen molar-refractivity contribution in [3.8, 4) is 0 Å². The minimum atomic E-state index is -1.44. The lowest BCUT2D eigenvalue weighted by molar-refractivity contribution is -0.146. The Morgan fingerprint density at radius 2 is 2.05 bits per heavy atom. The predicted molar refractivity (Wildman–Crippen MR) is 65.7 cm³/mol. The molecule has 2 amide bonds. The molecule has 2 unspecified atom stereocenters. The second-order valence-electron chi connectivity index (χ2n) is 5.11. The van der Waals surface area contributed by atoms with Gasteiger partial charge in [-0.25, -0.2) is 9.59 Å². The number of nitrogens with one attached hydrogen (secondary N) is 2. The van der Waals surface area contributed by atoms with Gasteiger partial charge in [0.05, 0.1) is 12.1 Å². The Hall–Kier alpha value is -1.34. The normalized spacial score (nSPS) is 27.8. The fourth-order valence-electron chi connectivity index (χ4n) is 2.32. The first-order chi connectivity index (χ1) is 9.08. The van der Waals surface area contributed by atoms with Crippen molar-refractivity contribution in [1.82, 2.24) is 10.6 Å². The number of aliphatic hydroxyl groups is 1. The third-order valence-electron chi connectivity index (χ3n) is 3.53. The van der Waals surface area contributed by atoms with Crippen LogP contribution in [0.3, 0.4) is 0 Å². The Kier molecular flexibility index (Phi) is 4.60. The third kappa shape index (κ3) is 4.07. The van der Waals surface area contributed by atoms with Crippen LogP contribution in [0.1, 0.15) is 25.7 Å². The van der Waals surface area contributed by atoms with E-state index in [1.54, 1.807) is 0 Å². The standard InChI is InChI=1S/C12H20N2O5/c15-9(11(16)17)3-5-13-12(18)14-8-4-6-19-10(8)7-1-2-7/h7-10,15H,1-6H2,(H,16,17)(H2,13,14,18)/t8?,9-,10?/m0/s1. The summed E-state index contributed by atoms with van der Waals surface area (Å²) in [5.41, 5.74) is 0. The van der Waals surface area contributed by atoms with E-state index in [2.05, 4.69) is 10.6 Å². The van der Waals surface area contributed by atoms with E-state index in [9.17, 15) is 9.59 Å². The zero-order valence-corrected chi connectivity index (χ0v) is 10.7. The number of rotatable bonds is 6. The van der Waals surface area contributed by atoms with E-state index in [1.807, 2.05) is 0 Å². The highest BCUT2D eigenvalue weighted by Gasteiger charge is 2.41. The van der Waals surface area contributed by atoms with Gasteiger partial charge in [0, 0.05) is 19.6 Å². The van der Waals surface area contributed by atoms with Gasteiger partial charge < -0.3 is 25.6 Å². The number of aliphatic carboxylic acids is 1. The molecule has 1 saturated carbocycles. The number of amides is 2. The highest BCUT2D eigenvalue weighted by atomic mass is 16.5. The summed E-state index contributed by atoms with van der Waals surface area (Å²) >= 11 is 0. The van der Waals surface area contributed by atoms with Crippen molar-refractivity contribution in [2.45, 2.75) is 43.9 Å². The van der Waals surface area contributed by atoms with Crippen molar-refractivity contribution in [2.75, 3.05) is 13.2 Å². The molecule has 7 heteroatoms. The smallest absolute Gasteiger partial charge is 0.332 e. The van der Waals surface area contributed by atoms with Gasteiger partial charge >= 0.3 is 12.0 Å². The summed E-state index contributed by atoms with van der Waals surface area (Å²) < 4.78 is 5.60. The number of ether oxygens (including phenoxy) is 1. The van der Waals surface area contributed by atoms with Crippen molar-refractivity contribution in [3.05, 3.63) is 0 Å². The van der Waals surface area contributed by atoms with Crippen LogP contribution in [0.2, 0.25) is 0 Å². The van der Waals surface area contributed by atoms with E-state index in [1.165, 1.54) is 0 Å². The average molecular weight is 272 g/mol. The highest BCUT2D eigenvalue weighted by Crippen LogP contribution is 2.38. The number of aliphatic hydroxyl groups excluding tert-OH is 1. The molecule has 1 heterocycles. The first kappa shape index (κ1) is 14.1. The van der Waals surface area contributed by atoms with Crippen LogP contribution in [0.4, 0.5) is 4.79 Å². The first-order valence-electron chi connectivity index (χ1n) is 6.64. The quantitative estimate of drug-likeness (QED) is 0.530. The molecule has 2 fully saturated rings. The van der Waals surface area contributed by atoms with Gasteiger partial charge in [0.15, 0.2) is 6.10 Å². The lowest BCUT2D eigenvalue weighted by Gasteiger charge is -2.19. The highest BCUT2D eigenvalue weighted by molar-refractivity contribution is 5.75. The Labute approximate surface area is 111 Å². The molecule has 0 aromatic carbocycles. The van der Waals surface area contributed by atoms with Crippen LogP contribution in [0.15, 0.2) is 0 Å². The Balaban J connectivity index is 1.65. The van der Waals surface area contributed by atoms with Gasteiger partial charge in [-0.15, -0.1) is 0 Å². The van der Waals surface area contributed by atoms with Crippen LogP contribution in [0, 0.1) is 5.92 Å². The topological polar surface area (TPSA) is 108 Å². The molecule has 1 aliphatic heterocycles. The van der Waals surface area contributed by atoms with Gasteiger partial charge in [0.2, 0.25) is 0 Å². The molecule has 7 nitrogen and oxygen atoms in total. The summed E-state index contributed by atoms with van der Waals surface area (Å²) in [7, 11) is 0. The van der Waals surface area contributed by atoms with Gasteiger partial charge in [-0.05, 0) is 25.2 Å². The molecule has 0 aromatic rings. The van der Waals surface area contributed by atoms with Crippen LogP contribution in [-0.2, 0) is 9.53 Å². The molecule has 1 saturated heterocycles. The van der Waals surface area contributed by atoms with E-state index in [0.717, 1.165) is 19.3 Å². The fourth-order valence-corrected chi connectivity index (χ4v) is 2.32. The molecule has 2 rings (SSSR count). The number of hydrogen-bond acceptors (Lipinski definition) is 4. The fraction of sp³-hybridized carbons (Fsp3) is 0.833. The molecule has 19 heavy (non-hydrogen) atoms. The van der Waals surface area contributed by atoms with E-state index < -0.39 is 12.1 Å². The van der Waals surface area contributed by atoms with Crippen LogP contribution in [0.5, 0.6) is 0 Å². The maximum Gasteiger partial charge on any atom is 0.332 e. The first-order valence-corrected chi connectivity index (χ1v) is 6.64. The van der Waals surface area contributed by atoms with Gasteiger partial charge in [-0.3, -0.25) is 0 Å². The molecule has 0 bridgehead atoms. The summed E-state index contributed by atoms with van der Waals surface area (Å²) in [6, 6.07) is -0.296. The zero-order valence-electron chi connectivity index (χ0n) is 10.7. The summed E-state index contributed by atoms with van der Waals surface area (Å²) in [4.78, 5) is 22.0. The SMILES string of the molecule is O=C(NCC[C@H](O)C(=O)O)NC1CCOC1C1CC1. The van der Waals surface area contributed by atoms with Gasteiger partial charge in [-0.1, -0.05) is 0 Å². The van der Waals surface area contributed by atoms with Crippen LogP contribution < -0.4 is 10.6 Å². The second-order valence-corrected chi connectivity index (χ2v) is 5.11. The maximum atomic E-state index is 11.6. The van der Waals surface area contributed by atoms with Gasteiger partial charge in [-0.2, -0.15) is 0 Å². The number of carboxylic acid groups (broad SMARTS) is 1. The number of carbonyl (C=O) groups is 2. The van der Waals surface area contributed by atoms with Gasteiger partial charge in [0.25, 0.3) is 0 Å². The molecule has 3 atom stereocenters. The van der Waals surface area contributed by atoms with Crippen molar-refractivity contribution in [3.63, 3.8) is 0 Å². The van der Waals surface area contributed by atoms with E-state index in [0.29, 0.717) is 12.5 Å². The molecule has 0 radical (unpaired) electrons. The van der Waals surface area contributed by atoms with Crippen molar-refractivity contribution in [1.29, 1.82) is 0 Å². The molecular weight excluding hydrogens is 252 g/mol. The maximum absolute atomic E-state index is 11.6. The average Bonchev–Trinajstić information content (AvgIpc) is 3.10. The summed E-state index contributed by atoms with van der Waals surface area (Å²) in [5.74, 6) is -0.707. The van der Waals surface area contributed by atoms with E-state index >= 15 is 0 Å². The molecule has 2 aliphatic rings. The van der Waals surface area contributed by atoms with E-state index in [-0.39, 0.29) is 31.1 Å². The largest absolute Gasteiger partial charge is 0.479 e. The second kappa shape index (κ2) is 6.21. The number of urea groups is 1. The predicted octanol–water partition coefficient (Wildman–Crippen LogP) is -0.311. The van der Waals surface area contributed by atoms with Crippen molar-refractivity contribution < 1.29 is 24.5 Å². The zero-order chi connectivity index (χ0) is 13.8. The molecular formula is C12H20N2O5. The number of carboxylic acids is 1. The molecule has 0 spiro atoms. The molecule has 108 valence electrons. The lowest BCUT2D eigenvalue weighted by Crippen LogP contribution is -2.47. The molecule has 4 N–H and O–H groups in total. The summed E-state index contributed by atoms with van der Waals surface area (Å²) in [5, 5.41) is 22.9. The Morgan fingerprint density at radius 3 is 2.68 bits per heavy atom. The van der Waals surface area contributed by atoms with Crippen LogP contribution in [-0.4, -0.2) is 53.6 Å². The van der Waals surface area contributed by atoms with Crippen LogP contribution >= 0.6 is 0 Å². The Morgan fingerprint density at radius 1 is 1.32 bits per heavy atom. The molecule has 1 aliphatic carbocycles. The lowest BCUT2D eigenvalue weighted by atomic mass is 10.1. The monoisotopic (exact) mass is 272 g/mol. The third-order valence-corrected chi connectivity index (χ3v) is 3.53. The van der Waals surface area contributed by atoms with Gasteiger partial charge in [0.1, 0.15) is 0 Å². The Bertz CT molecular complexity index is 345. The van der Waals surface area contributed by atoms with Crippen molar-refractivity contribution in [2.24, 2.45) is 5.92 Å². The van der Waals surface area contributed by atoms with E-state index in [4.69, 9.17) is 14.9 Å². The number of hydrogen-bond donors (Lipinski definition) is 4. The number of carbonyl (C=O) groups excluding carboxylic acids is 1. The van der Waals surface area contributed by atoms with Crippen molar-refractivity contribution >= 4 is 12.0 Å². The summed E-state index contributed by atoms with van der Waals surface area (Å²) in [6.45, 7) is 0.796. The minimum Gasteiger partial charge on any atom is -0.479 e. The minimum absolute atomic E-state index is 0.00399. The summed E-state index contributed by atoms with van der Waals surface area (Å²) in [6.07, 6.45) is 1.82. The van der Waals surface area contributed by atoms with Crippen LogP contribution in [0.25, 0.3) is 0 Å². The molecule has 0 aromatic heterocycles.